The quantitative estimate of drug-likeness (QED) is 0.202. The average molecular weight is 567 g/mol. The Hall–Kier alpha value is -0.950. The predicted octanol–water partition coefficient (Wildman–Crippen LogP) is 1.90. The van der Waals surface area contributed by atoms with E-state index in [-0.39, 0.29) is 29.7 Å². The Balaban J connectivity index is 0.00000341. The molecule has 2 aliphatic rings. The minimum absolute atomic E-state index is 0. The van der Waals surface area contributed by atoms with Crippen molar-refractivity contribution < 1.29 is 17.9 Å². The van der Waals surface area contributed by atoms with E-state index in [1.165, 1.54) is 17.1 Å². The molecule has 1 N–H and O–H groups in total. The van der Waals surface area contributed by atoms with Gasteiger partial charge < -0.3 is 19.7 Å². The highest BCUT2D eigenvalue weighted by Crippen LogP contribution is 2.28. The summed E-state index contributed by atoms with van der Waals surface area (Å²) in [5.41, 5.74) is 1.76. The SMILES string of the molecule is CN=C(NCc1ccccc1CS(=O)(=O)N1CCOCC1)N(C)CCOCC1CC1.I. The third-order valence-electron chi connectivity index (χ3n) is 5.45. The second-order valence-corrected chi connectivity index (χ2v) is 9.85. The number of hydrogen-bond acceptors (Lipinski definition) is 5. The van der Waals surface area contributed by atoms with Crippen molar-refractivity contribution in [3.05, 3.63) is 35.4 Å². The maximum Gasteiger partial charge on any atom is 0.218 e. The third-order valence-corrected chi connectivity index (χ3v) is 7.28. The molecule has 0 radical (unpaired) electrons. The van der Waals surface area contributed by atoms with Gasteiger partial charge in [-0.05, 0) is 29.9 Å². The number of likely N-dealkylation sites (N-methyl/N-ethyl adjacent to an activating group) is 1. The third kappa shape index (κ3) is 8.49. The van der Waals surface area contributed by atoms with Gasteiger partial charge in [-0.1, -0.05) is 24.3 Å². The summed E-state index contributed by atoms with van der Waals surface area (Å²) < 4.78 is 38.1. The fourth-order valence-corrected chi connectivity index (χ4v) is 4.95. The van der Waals surface area contributed by atoms with E-state index >= 15 is 0 Å². The van der Waals surface area contributed by atoms with Gasteiger partial charge in [-0.25, -0.2) is 8.42 Å². The summed E-state index contributed by atoms with van der Waals surface area (Å²) in [4.78, 5) is 6.37. The van der Waals surface area contributed by atoms with Crippen molar-refractivity contribution in [2.24, 2.45) is 10.9 Å². The van der Waals surface area contributed by atoms with Crippen molar-refractivity contribution in [3.63, 3.8) is 0 Å². The van der Waals surface area contributed by atoms with Crippen LogP contribution in [0.1, 0.15) is 24.0 Å². The second kappa shape index (κ2) is 12.9. The molecule has 10 heteroatoms. The van der Waals surface area contributed by atoms with Crippen molar-refractivity contribution >= 4 is 40.0 Å². The Bertz CT molecular complexity index is 811. The van der Waals surface area contributed by atoms with Gasteiger partial charge in [0, 0.05) is 46.9 Å². The van der Waals surface area contributed by atoms with Crippen LogP contribution in [0.2, 0.25) is 0 Å². The molecular formula is C21H35IN4O4S. The average Bonchev–Trinajstić information content (AvgIpc) is 3.58. The van der Waals surface area contributed by atoms with Crippen LogP contribution in [0, 0.1) is 5.92 Å². The predicted molar refractivity (Wildman–Crippen MR) is 133 cm³/mol. The number of rotatable bonds is 10. The lowest BCUT2D eigenvalue weighted by molar-refractivity contribution is 0.0729. The minimum atomic E-state index is -3.37. The second-order valence-electron chi connectivity index (χ2n) is 7.88. The fraction of sp³-hybridized carbons (Fsp3) is 0.667. The van der Waals surface area contributed by atoms with E-state index in [9.17, 15) is 8.42 Å². The number of aliphatic imine (C=N–C) groups is 1. The molecule has 0 bridgehead atoms. The molecule has 0 unspecified atom stereocenters. The summed E-state index contributed by atoms with van der Waals surface area (Å²) in [6.07, 6.45) is 2.58. The normalized spacial score (nSPS) is 17.8. The molecule has 176 valence electrons. The summed E-state index contributed by atoms with van der Waals surface area (Å²) >= 11 is 0. The number of halogens is 1. The number of ether oxygens (including phenoxy) is 2. The number of sulfonamides is 1. The van der Waals surface area contributed by atoms with Crippen LogP contribution in [0.3, 0.4) is 0 Å². The number of hydrogen-bond donors (Lipinski definition) is 1. The van der Waals surface area contributed by atoms with Gasteiger partial charge >= 0.3 is 0 Å². The lowest BCUT2D eigenvalue weighted by atomic mass is 10.1. The fourth-order valence-electron chi connectivity index (χ4n) is 3.38. The van der Waals surface area contributed by atoms with E-state index in [0.29, 0.717) is 39.5 Å². The van der Waals surface area contributed by atoms with Crippen LogP contribution in [0.15, 0.2) is 29.3 Å². The Morgan fingerprint density at radius 2 is 1.94 bits per heavy atom. The lowest BCUT2D eigenvalue weighted by Crippen LogP contribution is -2.41. The molecule has 1 saturated heterocycles. The van der Waals surface area contributed by atoms with Gasteiger partial charge in [0.15, 0.2) is 5.96 Å². The first-order valence-electron chi connectivity index (χ1n) is 10.6. The molecule has 0 atom stereocenters. The van der Waals surface area contributed by atoms with Crippen LogP contribution in [-0.2, 0) is 31.8 Å². The van der Waals surface area contributed by atoms with Crippen LogP contribution in [0.25, 0.3) is 0 Å². The monoisotopic (exact) mass is 566 g/mol. The highest BCUT2D eigenvalue weighted by atomic mass is 127. The number of guanidine groups is 1. The lowest BCUT2D eigenvalue weighted by Gasteiger charge is -2.26. The van der Waals surface area contributed by atoms with Crippen molar-refractivity contribution in [2.75, 3.05) is 60.2 Å². The van der Waals surface area contributed by atoms with Gasteiger partial charge in [0.2, 0.25) is 10.0 Å². The van der Waals surface area contributed by atoms with Gasteiger partial charge in [0.25, 0.3) is 0 Å². The summed E-state index contributed by atoms with van der Waals surface area (Å²) in [5.74, 6) is 1.52. The summed E-state index contributed by atoms with van der Waals surface area (Å²) in [5, 5.41) is 3.35. The smallest absolute Gasteiger partial charge is 0.218 e. The molecule has 1 aromatic carbocycles. The van der Waals surface area contributed by atoms with Gasteiger partial charge in [-0.2, -0.15) is 4.31 Å². The largest absolute Gasteiger partial charge is 0.379 e. The highest BCUT2D eigenvalue weighted by Gasteiger charge is 2.25. The first-order chi connectivity index (χ1) is 14.5. The van der Waals surface area contributed by atoms with Crippen molar-refractivity contribution in [1.29, 1.82) is 0 Å². The van der Waals surface area contributed by atoms with Crippen LogP contribution in [0.5, 0.6) is 0 Å². The molecule has 2 fully saturated rings. The molecule has 0 aromatic heterocycles. The van der Waals surface area contributed by atoms with Crippen LogP contribution < -0.4 is 5.32 Å². The molecule has 0 amide bonds. The zero-order chi connectivity index (χ0) is 21.4. The topological polar surface area (TPSA) is 83.5 Å². The van der Waals surface area contributed by atoms with Gasteiger partial charge in [0.05, 0.1) is 25.6 Å². The maximum atomic E-state index is 12.8. The zero-order valence-corrected chi connectivity index (χ0v) is 21.6. The van der Waals surface area contributed by atoms with E-state index in [2.05, 4.69) is 10.3 Å². The molecule has 0 spiro atoms. The van der Waals surface area contributed by atoms with Gasteiger partial charge in [0.1, 0.15) is 0 Å². The van der Waals surface area contributed by atoms with Crippen molar-refractivity contribution in [2.45, 2.75) is 25.1 Å². The molecule has 1 aromatic rings. The molecule has 8 nitrogen and oxygen atoms in total. The molecule has 3 rings (SSSR count). The molecule has 1 aliphatic heterocycles. The van der Waals surface area contributed by atoms with E-state index in [0.717, 1.165) is 36.2 Å². The van der Waals surface area contributed by atoms with Crippen LogP contribution in [-0.4, -0.2) is 83.7 Å². The zero-order valence-electron chi connectivity index (χ0n) is 18.5. The van der Waals surface area contributed by atoms with Gasteiger partial charge in [-0.15, -0.1) is 24.0 Å². The van der Waals surface area contributed by atoms with E-state index < -0.39 is 10.0 Å². The molecule has 1 saturated carbocycles. The maximum absolute atomic E-state index is 12.8. The van der Waals surface area contributed by atoms with E-state index in [1.54, 1.807) is 7.05 Å². The number of nitrogens with one attached hydrogen (secondary N) is 1. The summed E-state index contributed by atoms with van der Waals surface area (Å²) in [7, 11) is 0.358. The molecular weight excluding hydrogens is 531 g/mol. The molecule has 1 aliphatic carbocycles. The number of nitrogens with zero attached hydrogens (tertiary/aromatic N) is 3. The summed E-state index contributed by atoms with van der Waals surface area (Å²) in [6, 6.07) is 7.66. The first kappa shape index (κ1) is 26.3. The number of benzene rings is 1. The Kier molecular flexibility index (Phi) is 11.0. The first-order valence-corrected chi connectivity index (χ1v) is 12.2. The standard InChI is InChI=1S/C21H34N4O4S.HI/c1-22-21(24(2)9-12-29-16-18-7-8-18)23-15-19-5-3-4-6-20(19)17-30(26,27)25-10-13-28-14-11-25;/h3-6,18H,7-17H2,1-2H3,(H,22,23);1H. The summed E-state index contributed by atoms with van der Waals surface area (Å²) in [6.45, 7) is 4.53. The molecule has 31 heavy (non-hydrogen) atoms. The van der Waals surface area contributed by atoms with E-state index in [1.807, 2.05) is 36.2 Å². The van der Waals surface area contributed by atoms with Crippen LogP contribution in [0.4, 0.5) is 0 Å². The highest BCUT2D eigenvalue weighted by molar-refractivity contribution is 14.0. The van der Waals surface area contributed by atoms with E-state index in [4.69, 9.17) is 9.47 Å². The molecule has 1 heterocycles. The van der Waals surface area contributed by atoms with Crippen molar-refractivity contribution in [1.82, 2.24) is 14.5 Å². The Labute approximate surface area is 203 Å². The van der Waals surface area contributed by atoms with Gasteiger partial charge in [-0.3, -0.25) is 4.99 Å². The van der Waals surface area contributed by atoms with Crippen LogP contribution >= 0.6 is 24.0 Å². The Morgan fingerprint density at radius 3 is 2.58 bits per heavy atom. The Morgan fingerprint density at radius 1 is 1.26 bits per heavy atom. The minimum Gasteiger partial charge on any atom is -0.379 e. The van der Waals surface area contributed by atoms with Crippen molar-refractivity contribution in [3.8, 4) is 0 Å². The number of morpholine rings is 1.